The molecule has 0 aromatic heterocycles. The minimum absolute atomic E-state index is 0.132. The monoisotopic (exact) mass is 304 g/mol. The number of hydrogen-bond donors (Lipinski definition) is 0. The summed E-state index contributed by atoms with van der Waals surface area (Å²) in [6.45, 7) is 3.66. The number of fused-ring (bicyclic) bond motifs is 1. The lowest BCUT2D eigenvalue weighted by Crippen LogP contribution is -2.32. The Bertz CT molecular complexity index is 694. The van der Waals surface area contributed by atoms with Crippen LogP contribution >= 0.6 is 0 Å². The fourth-order valence-electron chi connectivity index (χ4n) is 3.10. The van der Waals surface area contributed by atoms with E-state index in [1.807, 2.05) is 56.1 Å². The van der Waals surface area contributed by atoms with Crippen molar-refractivity contribution in [3.05, 3.63) is 59.0 Å². The summed E-state index contributed by atoms with van der Waals surface area (Å²) >= 11 is 0. The van der Waals surface area contributed by atoms with Gasteiger partial charge in [0, 0.05) is 6.20 Å². The van der Waals surface area contributed by atoms with Gasteiger partial charge in [0.15, 0.2) is 11.6 Å². The highest BCUT2D eigenvalue weighted by atomic mass is 19.3. The van der Waals surface area contributed by atoms with Gasteiger partial charge in [0.2, 0.25) is 0 Å². The van der Waals surface area contributed by atoms with E-state index in [0.717, 1.165) is 16.7 Å². The number of ether oxygens (including phenoxy) is 1. The average molecular weight is 304 g/mol. The van der Waals surface area contributed by atoms with Crippen LogP contribution in [0.3, 0.4) is 0 Å². The number of amidine groups is 1. The second kappa shape index (κ2) is 5.23. The summed E-state index contributed by atoms with van der Waals surface area (Å²) < 4.78 is 29.9. The van der Waals surface area contributed by atoms with Crippen LogP contribution < -0.4 is 0 Å². The lowest BCUT2D eigenvalue weighted by atomic mass is 9.89. The molecule has 0 fully saturated rings. The van der Waals surface area contributed by atoms with E-state index in [9.17, 15) is 8.78 Å². The van der Waals surface area contributed by atoms with Crippen molar-refractivity contribution < 1.29 is 13.5 Å². The van der Waals surface area contributed by atoms with E-state index >= 15 is 0 Å². The van der Waals surface area contributed by atoms with E-state index in [1.165, 1.54) is 0 Å². The molecule has 0 radical (unpaired) electrons. The highest BCUT2D eigenvalue weighted by Gasteiger charge is 2.40. The van der Waals surface area contributed by atoms with Crippen LogP contribution in [0.2, 0.25) is 0 Å². The molecule has 0 unspecified atom stereocenters. The third-order valence-electron chi connectivity index (χ3n) is 3.98. The first-order valence-electron chi connectivity index (χ1n) is 7.17. The van der Waals surface area contributed by atoms with Crippen molar-refractivity contribution in [2.24, 2.45) is 4.99 Å². The molecule has 2 aliphatic heterocycles. The first-order chi connectivity index (χ1) is 10.4. The smallest absolute Gasteiger partial charge is 0.387 e. The second-order valence-corrected chi connectivity index (χ2v) is 5.91. The number of alkyl halides is 2. The molecule has 3 rings (SSSR count). The lowest BCUT2D eigenvalue weighted by Gasteiger charge is -2.26. The number of hydrogen-bond acceptors (Lipinski definition) is 3. The van der Waals surface area contributed by atoms with Crippen LogP contribution in [-0.4, -0.2) is 23.9 Å². The molecule has 0 bridgehead atoms. The van der Waals surface area contributed by atoms with Gasteiger partial charge in [0.1, 0.15) is 5.54 Å². The Kier molecular flexibility index (Phi) is 3.51. The van der Waals surface area contributed by atoms with Gasteiger partial charge >= 0.3 is 6.61 Å². The van der Waals surface area contributed by atoms with Crippen molar-refractivity contribution >= 4 is 5.84 Å². The van der Waals surface area contributed by atoms with Crippen LogP contribution in [0.5, 0.6) is 0 Å². The predicted octanol–water partition coefficient (Wildman–Crippen LogP) is 3.96. The van der Waals surface area contributed by atoms with E-state index in [0.29, 0.717) is 12.4 Å². The fraction of sp³-hybridized carbons (Fsp3) is 0.353. The maximum absolute atomic E-state index is 12.6. The summed E-state index contributed by atoms with van der Waals surface area (Å²) in [5.74, 6) is 0.601. The zero-order chi connectivity index (χ0) is 15.9. The predicted molar refractivity (Wildman–Crippen MR) is 81.6 cm³/mol. The highest BCUT2D eigenvalue weighted by Crippen LogP contribution is 2.37. The maximum atomic E-state index is 12.6. The molecular weight excluding hydrogens is 286 g/mol. The lowest BCUT2D eigenvalue weighted by molar-refractivity contribution is -0.0906. The molecule has 5 heteroatoms. The Labute approximate surface area is 128 Å². The van der Waals surface area contributed by atoms with Gasteiger partial charge in [-0.3, -0.25) is 4.99 Å². The molecule has 1 aromatic rings. The van der Waals surface area contributed by atoms with Gasteiger partial charge in [-0.05, 0) is 43.5 Å². The zero-order valence-electron chi connectivity index (χ0n) is 12.8. The molecule has 0 saturated heterocycles. The van der Waals surface area contributed by atoms with Crippen molar-refractivity contribution in [1.82, 2.24) is 4.90 Å². The Morgan fingerprint density at radius 3 is 2.68 bits per heavy atom. The van der Waals surface area contributed by atoms with Crippen LogP contribution in [-0.2, 0) is 10.3 Å². The largest absolute Gasteiger partial charge is 0.431 e. The van der Waals surface area contributed by atoms with E-state index in [-0.39, 0.29) is 5.76 Å². The van der Waals surface area contributed by atoms with Gasteiger partial charge in [-0.2, -0.15) is 8.78 Å². The van der Waals surface area contributed by atoms with E-state index in [2.05, 4.69) is 4.74 Å². The molecule has 0 N–H and O–H groups in total. The van der Waals surface area contributed by atoms with Crippen molar-refractivity contribution in [3.8, 4) is 0 Å². The van der Waals surface area contributed by atoms with Gasteiger partial charge in [0.05, 0.1) is 6.54 Å². The molecule has 0 amide bonds. The molecule has 116 valence electrons. The van der Waals surface area contributed by atoms with Crippen molar-refractivity contribution in [2.75, 3.05) is 6.54 Å². The zero-order valence-corrected chi connectivity index (χ0v) is 12.8. The minimum atomic E-state index is -2.85. The quantitative estimate of drug-likeness (QED) is 0.844. The van der Waals surface area contributed by atoms with Gasteiger partial charge < -0.3 is 9.64 Å². The first kappa shape index (κ1) is 14.8. The van der Waals surface area contributed by atoms with E-state index in [4.69, 9.17) is 4.99 Å². The van der Waals surface area contributed by atoms with E-state index in [1.54, 1.807) is 6.08 Å². The first-order valence-corrected chi connectivity index (χ1v) is 7.17. The summed E-state index contributed by atoms with van der Waals surface area (Å²) in [6.07, 6.45) is 3.52. The molecule has 3 nitrogen and oxygen atoms in total. The Hall–Kier alpha value is -2.17. The number of benzene rings is 1. The van der Waals surface area contributed by atoms with Crippen LogP contribution in [0.25, 0.3) is 0 Å². The Morgan fingerprint density at radius 2 is 2.00 bits per heavy atom. The number of halogens is 2. The van der Waals surface area contributed by atoms with Crippen LogP contribution in [0, 0.1) is 6.92 Å². The average Bonchev–Trinajstić information content (AvgIpc) is 2.76. The van der Waals surface area contributed by atoms with Crippen molar-refractivity contribution in [2.45, 2.75) is 32.9 Å². The van der Waals surface area contributed by atoms with Gasteiger partial charge in [0.25, 0.3) is 0 Å². The number of aliphatic imine (C=N–C) groups is 1. The van der Waals surface area contributed by atoms with Crippen molar-refractivity contribution in [3.63, 3.8) is 0 Å². The fourth-order valence-corrected chi connectivity index (χ4v) is 3.10. The summed E-state index contributed by atoms with van der Waals surface area (Å²) in [5.41, 5.74) is 2.62. The van der Waals surface area contributed by atoms with Gasteiger partial charge in [-0.1, -0.05) is 24.3 Å². The highest BCUT2D eigenvalue weighted by molar-refractivity contribution is 6.00. The van der Waals surface area contributed by atoms with Crippen molar-refractivity contribution in [1.29, 1.82) is 0 Å². The molecule has 0 spiro atoms. The molecule has 0 aliphatic carbocycles. The van der Waals surface area contributed by atoms with Crippen LogP contribution in [0.4, 0.5) is 8.78 Å². The summed E-state index contributed by atoms with van der Waals surface area (Å²) in [5, 5.41) is 0. The standard InChI is InChI=1S/C17H18F2N2O/c1-11-8-14(22-16(18)19)15-20-17(3,10-21(15)9-11)13-7-5-4-6-12(13)2/h4-9,16H,10H2,1-3H3/t17-/m1/s1. The molecule has 0 saturated carbocycles. The normalized spacial score (nSPS) is 23.9. The maximum Gasteiger partial charge on any atom is 0.387 e. The topological polar surface area (TPSA) is 24.8 Å². The van der Waals surface area contributed by atoms with Crippen LogP contribution in [0.1, 0.15) is 25.0 Å². The molecule has 2 heterocycles. The molecule has 22 heavy (non-hydrogen) atoms. The third-order valence-corrected chi connectivity index (χ3v) is 3.98. The second-order valence-electron chi connectivity index (χ2n) is 5.91. The Balaban J connectivity index is 2.02. The Morgan fingerprint density at radius 1 is 1.27 bits per heavy atom. The summed E-state index contributed by atoms with van der Waals surface area (Å²) in [7, 11) is 0. The van der Waals surface area contributed by atoms with Crippen LogP contribution in [0.15, 0.2) is 52.9 Å². The number of aryl methyl sites for hydroxylation is 1. The minimum Gasteiger partial charge on any atom is -0.431 e. The SMILES string of the molecule is CC1=CN2C[C@](C)(c3ccccc3C)N=C2C(OC(F)F)=C1. The molecule has 2 aliphatic rings. The number of rotatable bonds is 3. The third kappa shape index (κ3) is 2.51. The number of allylic oxidation sites excluding steroid dienone is 2. The van der Waals surface area contributed by atoms with Gasteiger partial charge in [-0.25, -0.2) is 0 Å². The van der Waals surface area contributed by atoms with Gasteiger partial charge in [-0.15, -0.1) is 0 Å². The molecule has 1 aromatic carbocycles. The molecule has 1 atom stereocenters. The summed E-state index contributed by atoms with van der Waals surface area (Å²) in [6, 6.07) is 8.02. The molecular formula is C17H18F2N2O. The number of nitrogens with zero attached hydrogens (tertiary/aromatic N) is 2. The van der Waals surface area contributed by atoms with E-state index < -0.39 is 12.2 Å². The summed E-state index contributed by atoms with van der Waals surface area (Å²) in [4.78, 5) is 6.60.